The molecule has 6 heteroatoms. The number of rotatable bonds is 7. The van der Waals surface area contributed by atoms with Crippen molar-refractivity contribution in [3.8, 4) is 0 Å². The molecule has 0 saturated heterocycles. The molecule has 0 bridgehead atoms. The lowest BCUT2D eigenvalue weighted by molar-refractivity contribution is -0.148. The molecule has 0 radical (unpaired) electrons. The molecular weight excluding hydrogens is 346 g/mol. The van der Waals surface area contributed by atoms with Gasteiger partial charge in [0.15, 0.2) is 0 Å². The van der Waals surface area contributed by atoms with Gasteiger partial charge in [-0.25, -0.2) is 0 Å². The quantitative estimate of drug-likeness (QED) is 0.750. The average molecular weight is 366 g/mol. The van der Waals surface area contributed by atoms with E-state index in [0.717, 1.165) is 4.88 Å². The summed E-state index contributed by atoms with van der Waals surface area (Å²) in [6, 6.07) is 10.5. The summed E-state index contributed by atoms with van der Waals surface area (Å²) >= 11 is 7.75. The van der Waals surface area contributed by atoms with Crippen molar-refractivity contribution in [2.24, 2.45) is 0 Å². The monoisotopic (exact) mass is 365 g/mol. The van der Waals surface area contributed by atoms with Gasteiger partial charge >= 0.3 is 5.97 Å². The second-order valence-electron chi connectivity index (χ2n) is 5.64. The molecule has 0 aliphatic rings. The number of amides is 1. The third kappa shape index (κ3) is 5.65. The van der Waals surface area contributed by atoms with Crippen LogP contribution in [0, 0.1) is 0 Å². The van der Waals surface area contributed by atoms with Crippen molar-refractivity contribution >= 4 is 34.8 Å². The molecule has 2 aromatic rings. The first-order valence-corrected chi connectivity index (χ1v) is 8.97. The summed E-state index contributed by atoms with van der Waals surface area (Å²) in [5.41, 5.74) is 0.708. The van der Waals surface area contributed by atoms with Crippen LogP contribution in [0.4, 0.5) is 0 Å². The normalized spacial score (nSPS) is 12.0. The van der Waals surface area contributed by atoms with E-state index >= 15 is 0 Å². The van der Waals surface area contributed by atoms with E-state index in [0.29, 0.717) is 10.6 Å². The number of nitrogens with one attached hydrogen (secondary N) is 1. The SMILES string of the molecule is CC(C)OC(=O)CC(NC(=O)Cc1cccs1)c1ccccc1Cl. The molecule has 1 amide bonds. The summed E-state index contributed by atoms with van der Waals surface area (Å²) < 4.78 is 5.20. The average Bonchev–Trinajstić information content (AvgIpc) is 2.99. The lowest BCUT2D eigenvalue weighted by Gasteiger charge is -2.20. The number of benzene rings is 1. The summed E-state index contributed by atoms with van der Waals surface area (Å²) in [7, 11) is 0. The highest BCUT2D eigenvalue weighted by Gasteiger charge is 2.22. The molecule has 0 spiro atoms. The molecule has 1 aromatic heterocycles. The Balaban J connectivity index is 2.11. The van der Waals surface area contributed by atoms with Gasteiger partial charge in [-0.05, 0) is 36.9 Å². The largest absolute Gasteiger partial charge is 0.463 e. The van der Waals surface area contributed by atoms with Crippen molar-refractivity contribution in [2.45, 2.75) is 38.8 Å². The van der Waals surface area contributed by atoms with Crippen molar-refractivity contribution < 1.29 is 14.3 Å². The number of carbonyl (C=O) groups excluding carboxylic acids is 2. The summed E-state index contributed by atoms with van der Waals surface area (Å²) in [6.45, 7) is 3.58. The van der Waals surface area contributed by atoms with Crippen LogP contribution in [-0.4, -0.2) is 18.0 Å². The zero-order valence-corrected chi connectivity index (χ0v) is 15.2. The molecule has 0 aliphatic carbocycles. The molecule has 0 aliphatic heterocycles. The minimum atomic E-state index is -0.516. The van der Waals surface area contributed by atoms with Gasteiger partial charge in [-0.3, -0.25) is 9.59 Å². The Kier molecular flexibility index (Phi) is 6.82. The fourth-order valence-electron chi connectivity index (χ4n) is 2.29. The first kappa shape index (κ1) is 18.5. The summed E-state index contributed by atoms with van der Waals surface area (Å²) in [5, 5.41) is 5.33. The van der Waals surface area contributed by atoms with Gasteiger partial charge in [-0.15, -0.1) is 11.3 Å². The number of ether oxygens (including phenoxy) is 1. The highest BCUT2D eigenvalue weighted by Crippen LogP contribution is 2.26. The minimum Gasteiger partial charge on any atom is -0.463 e. The topological polar surface area (TPSA) is 55.4 Å². The van der Waals surface area contributed by atoms with Crippen LogP contribution in [0.15, 0.2) is 41.8 Å². The number of carbonyl (C=O) groups is 2. The van der Waals surface area contributed by atoms with E-state index in [-0.39, 0.29) is 30.8 Å². The number of esters is 1. The lowest BCUT2D eigenvalue weighted by Crippen LogP contribution is -2.32. The highest BCUT2D eigenvalue weighted by atomic mass is 35.5. The van der Waals surface area contributed by atoms with Gasteiger partial charge in [0.1, 0.15) is 0 Å². The van der Waals surface area contributed by atoms with Gasteiger partial charge in [0.05, 0.1) is 25.0 Å². The first-order valence-electron chi connectivity index (χ1n) is 7.71. The summed E-state index contributed by atoms with van der Waals surface area (Å²) in [5.74, 6) is -0.522. The van der Waals surface area contributed by atoms with Crippen molar-refractivity contribution in [1.82, 2.24) is 5.32 Å². The molecule has 2 rings (SSSR count). The predicted molar refractivity (Wildman–Crippen MR) is 96.2 cm³/mol. The van der Waals surface area contributed by atoms with E-state index < -0.39 is 6.04 Å². The second-order valence-corrected chi connectivity index (χ2v) is 7.08. The van der Waals surface area contributed by atoms with E-state index in [1.54, 1.807) is 26.0 Å². The maximum Gasteiger partial charge on any atom is 0.308 e. The molecule has 0 fully saturated rings. The van der Waals surface area contributed by atoms with Crippen LogP contribution in [0.25, 0.3) is 0 Å². The Labute approximate surface area is 150 Å². The Morgan fingerprint density at radius 1 is 1.21 bits per heavy atom. The molecule has 1 aromatic carbocycles. The molecule has 1 heterocycles. The third-order valence-corrected chi connectivity index (χ3v) is 4.49. The van der Waals surface area contributed by atoms with Gasteiger partial charge in [-0.1, -0.05) is 35.9 Å². The van der Waals surface area contributed by atoms with E-state index in [9.17, 15) is 9.59 Å². The fraction of sp³-hybridized carbons (Fsp3) is 0.333. The number of hydrogen-bond acceptors (Lipinski definition) is 4. The molecule has 0 saturated carbocycles. The minimum absolute atomic E-state index is 0.0398. The van der Waals surface area contributed by atoms with Gasteiger partial charge in [0.25, 0.3) is 0 Å². The van der Waals surface area contributed by atoms with Crippen LogP contribution in [0.1, 0.15) is 36.8 Å². The zero-order chi connectivity index (χ0) is 17.5. The maximum atomic E-state index is 12.3. The standard InChI is InChI=1S/C18H20ClNO3S/c1-12(2)23-18(22)11-16(14-7-3-4-8-15(14)19)20-17(21)10-13-6-5-9-24-13/h3-9,12,16H,10-11H2,1-2H3,(H,20,21). The van der Waals surface area contributed by atoms with E-state index in [4.69, 9.17) is 16.3 Å². The Hall–Kier alpha value is -1.85. The molecular formula is C18H20ClNO3S. The predicted octanol–water partition coefficient (Wildman–Crippen LogP) is 4.14. The van der Waals surface area contributed by atoms with E-state index in [1.807, 2.05) is 29.6 Å². The van der Waals surface area contributed by atoms with Crippen LogP contribution in [-0.2, 0) is 20.7 Å². The van der Waals surface area contributed by atoms with Gasteiger partial charge in [-0.2, -0.15) is 0 Å². The Morgan fingerprint density at radius 3 is 2.58 bits per heavy atom. The fourth-order valence-corrected chi connectivity index (χ4v) is 3.26. The molecule has 1 unspecified atom stereocenters. The summed E-state index contributed by atoms with van der Waals surface area (Å²) in [6.07, 6.45) is 0.113. The van der Waals surface area contributed by atoms with Crippen LogP contribution >= 0.6 is 22.9 Å². The number of hydrogen-bond donors (Lipinski definition) is 1. The highest BCUT2D eigenvalue weighted by molar-refractivity contribution is 7.10. The molecule has 24 heavy (non-hydrogen) atoms. The summed E-state index contributed by atoms with van der Waals surface area (Å²) in [4.78, 5) is 25.3. The lowest BCUT2D eigenvalue weighted by atomic mass is 10.0. The van der Waals surface area contributed by atoms with Gasteiger partial charge < -0.3 is 10.1 Å². The molecule has 1 N–H and O–H groups in total. The van der Waals surface area contributed by atoms with Crippen molar-refractivity contribution in [1.29, 1.82) is 0 Å². The third-order valence-electron chi connectivity index (χ3n) is 3.27. The first-order chi connectivity index (χ1) is 11.5. The maximum absolute atomic E-state index is 12.3. The van der Waals surface area contributed by atoms with Crippen molar-refractivity contribution in [3.05, 3.63) is 57.2 Å². The molecule has 128 valence electrons. The van der Waals surface area contributed by atoms with Gasteiger partial charge in [0.2, 0.25) is 5.91 Å². The second kappa shape index (κ2) is 8.85. The molecule has 4 nitrogen and oxygen atoms in total. The van der Waals surface area contributed by atoms with E-state index in [2.05, 4.69) is 5.32 Å². The molecule has 1 atom stereocenters. The van der Waals surface area contributed by atoms with Crippen molar-refractivity contribution in [3.63, 3.8) is 0 Å². The van der Waals surface area contributed by atoms with Crippen LogP contribution in [0.3, 0.4) is 0 Å². The smallest absolute Gasteiger partial charge is 0.308 e. The van der Waals surface area contributed by atoms with Crippen LogP contribution < -0.4 is 5.32 Å². The van der Waals surface area contributed by atoms with E-state index in [1.165, 1.54) is 11.3 Å². The Morgan fingerprint density at radius 2 is 1.96 bits per heavy atom. The van der Waals surface area contributed by atoms with Gasteiger partial charge in [0, 0.05) is 9.90 Å². The Bertz CT molecular complexity index is 685. The van der Waals surface area contributed by atoms with Crippen molar-refractivity contribution in [2.75, 3.05) is 0 Å². The number of thiophene rings is 1. The van der Waals surface area contributed by atoms with Crippen LogP contribution in [0.5, 0.6) is 0 Å². The van der Waals surface area contributed by atoms with Crippen LogP contribution in [0.2, 0.25) is 5.02 Å². The number of halogens is 1. The zero-order valence-electron chi connectivity index (χ0n) is 13.6.